The summed E-state index contributed by atoms with van der Waals surface area (Å²) >= 11 is -1.09. The Morgan fingerprint density at radius 1 is 0.588 bits per heavy atom. The van der Waals surface area contributed by atoms with E-state index < -0.39 is 39.5 Å². The zero-order valence-electron chi connectivity index (χ0n) is 14.1. The minimum atomic E-state index is -0.543. The summed E-state index contributed by atoms with van der Waals surface area (Å²) in [6, 6.07) is 3.06. The second kappa shape index (κ2) is 18.0. The van der Waals surface area contributed by atoms with Crippen LogP contribution in [0.15, 0.2) is 0 Å². The Morgan fingerprint density at radius 2 is 0.765 bits per heavy atom. The van der Waals surface area contributed by atoms with Gasteiger partial charge in [0.25, 0.3) is 0 Å². The van der Waals surface area contributed by atoms with E-state index in [9.17, 15) is 0 Å². The van der Waals surface area contributed by atoms with Crippen molar-refractivity contribution in [3.8, 4) is 0 Å². The molecule has 0 N–H and O–H groups in total. The van der Waals surface area contributed by atoms with E-state index >= 15 is 0 Å². The van der Waals surface area contributed by atoms with E-state index in [1.54, 1.807) is 0 Å². The monoisotopic (exact) mass is 488 g/mol. The fraction of sp³-hybridized carbons (Fsp3) is 1.00. The molecule has 0 spiro atoms. The van der Waals surface area contributed by atoms with Crippen LogP contribution in [-0.2, 0) is 0 Å². The van der Waals surface area contributed by atoms with Crippen molar-refractivity contribution in [1.29, 1.82) is 0 Å². The molecule has 0 amide bonds. The second-order valence-corrected chi connectivity index (χ2v) is 29.2. The maximum atomic E-state index is 2.41. The van der Waals surface area contributed by atoms with E-state index in [0.717, 1.165) is 0 Å². The third kappa shape index (κ3) is 71.8. The molecule has 0 rings (SSSR count). The molecule has 0 fully saturated rings. The van der Waals surface area contributed by atoms with Crippen molar-refractivity contribution in [3.63, 3.8) is 0 Å². The first-order chi connectivity index (χ1) is 7.59. The van der Waals surface area contributed by atoms with Crippen LogP contribution in [-0.4, -0.2) is 57.1 Å². The van der Waals surface area contributed by atoms with Gasteiger partial charge in [0.1, 0.15) is 0 Å². The van der Waals surface area contributed by atoms with E-state index in [-0.39, 0.29) is 17.6 Å². The van der Waals surface area contributed by atoms with Crippen LogP contribution in [0.2, 0.25) is 67.9 Å². The standard InChI is InChI=1S/C7H18Si2.6CH3.2Sn/c1-8(2)6-5-7-9(3)4;;;;;;;;/h5-7H2,1-4H3;6*1H3;;. The van der Waals surface area contributed by atoms with Crippen LogP contribution < -0.4 is 0 Å². The average molecular weight is 486 g/mol. The molecule has 0 aliphatic heterocycles. The summed E-state index contributed by atoms with van der Waals surface area (Å²) in [5.41, 5.74) is 0. The SMILES string of the molecule is C[Si](C)CCC[Si](C)C.[CH3][Sn]([CH3])[CH3].[CH3][Sn]([CH3])[CH3]. The Labute approximate surface area is 130 Å². The van der Waals surface area contributed by atoms with Gasteiger partial charge in [0, 0.05) is 17.6 Å². The van der Waals surface area contributed by atoms with Crippen LogP contribution in [0.5, 0.6) is 0 Å². The Kier molecular flexibility index (Phi) is 25.5. The van der Waals surface area contributed by atoms with Crippen LogP contribution in [0.3, 0.4) is 0 Å². The third-order valence-corrected chi connectivity index (χ3v) is 4.06. The molecule has 0 aromatic carbocycles. The van der Waals surface area contributed by atoms with E-state index in [2.05, 4.69) is 55.8 Å². The molecule has 0 saturated heterocycles. The summed E-state index contributed by atoms with van der Waals surface area (Å²) in [6.07, 6.45) is 1.50. The summed E-state index contributed by atoms with van der Waals surface area (Å²) in [4.78, 5) is 14.2. The molecule has 4 heteroatoms. The van der Waals surface area contributed by atoms with Gasteiger partial charge in [0.2, 0.25) is 0 Å². The summed E-state index contributed by atoms with van der Waals surface area (Å²) in [5.74, 6) is 0. The van der Waals surface area contributed by atoms with Gasteiger partial charge in [-0.25, -0.2) is 0 Å². The number of hydrogen-bond donors (Lipinski definition) is 0. The van der Waals surface area contributed by atoms with Crippen molar-refractivity contribution in [2.24, 2.45) is 0 Å². The Morgan fingerprint density at radius 3 is 0.882 bits per heavy atom. The van der Waals surface area contributed by atoms with Crippen LogP contribution in [0, 0.1) is 0 Å². The van der Waals surface area contributed by atoms with Gasteiger partial charge in [-0.1, -0.05) is 44.7 Å². The van der Waals surface area contributed by atoms with Crippen LogP contribution in [0.4, 0.5) is 0 Å². The van der Waals surface area contributed by atoms with E-state index in [0.29, 0.717) is 0 Å². The van der Waals surface area contributed by atoms with Crippen molar-refractivity contribution in [3.05, 3.63) is 0 Å². The van der Waals surface area contributed by atoms with Crippen molar-refractivity contribution in [2.45, 2.75) is 74.3 Å². The van der Waals surface area contributed by atoms with Gasteiger partial charge < -0.3 is 0 Å². The fourth-order valence-corrected chi connectivity index (χ4v) is 2.92. The molecule has 17 heavy (non-hydrogen) atoms. The zero-order valence-corrected chi connectivity index (χ0v) is 21.8. The molecular formula is C13H36Si2Sn2. The molecule has 0 aliphatic carbocycles. The molecule has 0 saturated carbocycles. The fourth-order valence-electron chi connectivity index (χ4n) is 0.795. The van der Waals surface area contributed by atoms with Crippen LogP contribution >= 0.6 is 0 Å². The molecule has 0 aromatic heterocycles. The minimum absolute atomic E-state index is 0.0860. The number of rotatable bonds is 4. The second-order valence-electron chi connectivity index (χ2n) is 6.27. The topological polar surface area (TPSA) is 0 Å². The van der Waals surface area contributed by atoms with Gasteiger partial charge in [-0.2, -0.15) is 0 Å². The predicted molar refractivity (Wildman–Crippen MR) is 95.9 cm³/mol. The van der Waals surface area contributed by atoms with Gasteiger partial charge >= 0.3 is 69.2 Å². The maximum absolute atomic E-state index is 2.41. The van der Waals surface area contributed by atoms with Gasteiger partial charge in [0.05, 0.1) is 0 Å². The van der Waals surface area contributed by atoms with Gasteiger partial charge in [-0.15, -0.1) is 0 Å². The first kappa shape index (κ1) is 24.1. The third-order valence-electron chi connectivity index (χ3n) is 1.35. The molecule has 0 aliphatic rings. The van der Waals surface area contributed by atoms with E-state index in [1.165, 1.54) is 18.5 Å². The first-order valence-electron chi connectivity index (χ1n) is 6.71. The molecular weight excluding hydrogens is 450 g/mol. The molecule has 0 bridgehead atoms. The molecule has 0 aromatic rings. The van der Waals surface area contributed by atoms with Crippen molar-refractivity contribution in [2.75, 3.05) is 0 Å². The molecule has 104 valence electrons. The average Bonchev–Trinajstić information content (AvgIpc) is 1.99. The van der Waals surface area contributed by atoms with Gasteiger partial charge in [-0.3, -0.25) is 0 Å². The Hall–Kier alpha value is 2.03. The van der Waals surface area contributed by atoms with Crippen molar-refractivity contribution in [1.82, 2.24) is 0 Å². The Bertz CT molecular complexity index is 107. The zero-order chi connectivity index (χ0) is 14.4. The summed E-state index contributed by atoms with van der Waals surface area (Å²) < 4.78 is 0. The molecule has 0 nitrogen and oxygen atoms in total. The summed E-state index contributed by atoms with van der Waals surface area (Å²) in [5, 5.41) is 0. The molecule has 0 heterocycles. The Balaban J connectivity index is -0.000000205. The van der Waals surface area contributed by atoms with Gasteiger partial charge in [-0.05, 0) is 0 Å². The first-order valence-corrected chi connectivity index (χ1v) is 29.2. The molecule has 4 radical (unpaired) electrons. The normalized spacial score (nSPS) is 10.2. The summed E-state index contributed by atoms with van der Waals surface area (Å²) in [7, 11) is 0.172. The van der Waals surface area contributed by atoms with E-state index in [1.807, 2.05) is 0 Å². The van der Waals surface area contributed by atoms with Crippen LogP contribution in [0.25, 0.3) is 0 Å². The summed E-state index contributed by atoms with van der Waals surface area (Å²) in [6.45, 7) is 9.62. The number of hydrogen-bond acceptors (Lipinski definition) is 0. The quantitative estimate of drug-likeness (QED) is 0.453. The predicted octanol–water partition coefficient (Wildman–Crippen LogP) is 5.63. The van der Waals surface area contributed by atoms with Crippen molar-refractivity contribution >= 4 is 57.1 Å². The van der Waals surface area contributed by atoms with E-state index in [4.69, 9.17) is 0 Å². The molecule has 0 atom stereocenters. The molecule has 0 unspecified atom stereocenters. The van der Waals surface area contributed by atoms with Crippen molar-refractivity contribution < 1.29 is 0 Å². The van der Waals surface area contributed by atoms with Crippen LogP contribution in [0.1, 0.15) is 6.42 Å². The van der Waals surface area contributed by atoms with Gasteiger partial charge in [0.15, 0.2) is 0 Å².